The second-order valence-electron chi connectivity index (χ2n) is 5.59. The van der Waals surface area contributed by atoms with E-state index < -0.39 is 0 Å². The molecule has 1 N–H and O–H groups in total. The molecule has 2 aromatic rings. The lowest BCUT2D eigenvalue weighted by atomic mass is 10.0. The Morgan fingerprint density at radius 1 is 1.33 bits per heavy atom. The van der Waals surface area contributed by atoms with E-state index in [0.717, 1.165) is 31.7 Å². The van der Waals surface area contributed by atoms with Crippen LogP contribution in [0.5, 0.6) is 0 Å². The van der Waals surface area contributed by atoms with Gasteiger partial charge in [0, 0.05) is 31.5 Å². The van der Waals surface area contributed by atoms with Gasteiger partial charge in [0.25, 0.3) is 5.91 Å². The number of aromatic nitrogens is 2. The molecule has 122 valence electrons. The van der Waals surface area contributed by atoms with Gasteiger partial charge in [-0.05, 0) is 37.1 Å². The average Bonchev–Trinajstić information content (AvgIpc) is 2.63. The minimum absolute atomic E-state index is 0.0991. The van der Waals surface area contributed by atoms with Crippen molar-refractivity contribution in [2.24, 2.45) is 0 Å². The highest BCUT2D eigenvalue weighted by Crippen LogP contribution is 2.22. The lowest BCUT2D eigenvalue weighted by molar-refractivity contribution is 0.0930. The molecule has 6 nitrogen and oxygen atoms in total. The van der Waals surface area contributed by atoms with Crippen LogP contribution in [0.2, 0.25) is 5.02 Å². The fourth-order valence-electron chi connectivity index (χ4n) is 2.71. The zero-order valence-corrected chi connectivity index (χ0v) is 13.7. The smallest absolute Gasteiger partial charge is 0.253 e. The van der Waals surface area contributed by atoms with Crippen molar-refractivity contribution < 1.29 is 4.79 Å². The van der Waals surface area contributed by atoms with Gasteiger partial charge in [-0.2, -0.15) is 5.26 Å². The summed E-state index contributed by atoms with van der Waals surface area (Å²) in [5.74, 6) is 0.644. The van der Waals surface area contributed by atoms with E-state index in [9.17, 15) is 4.79 Å². The van der Waals surface area contributed by atoms with Crippen LogP contribution in [0.1, 0.15) is 28.9 Å². The summed E-state index contributed by atoms with van der Waals surface area (Å²) in [4.78, 5) is 22.5. The van der Waals surface area contributed by atoms with Crippen molar-refractivity contribution in [3.63, 3.8) is 0 Å². The molecule has 0 spiro atoms. The molecule has 3 heterocycles. The molecule has 0 saturated carbocycles. The molecule has 7 heteroatoms. The van der Waals surface area contributed by atoms with Crippen molar-refractivity contribution in [1.82, 2.24) is 15.3 Å². The molecule has 1 amide bonds. The van der Waals surface area contributed by atoms with Crippen molar-refractivity contribution in [1.29, 1.82) is 5.26 Å². The molecule has 3 rings (SSSR count). The molecule has 2 aromatic heterocycles. The lowest BCUT2D eigenvalue weighted by Gasteiger charge is -2.33. The van der Waals surface area contributed by atoms with Crippen LogP contribution in [-0.4, -0.2) is 35.0 Å². The van der Waals surface area contributed by atoms with Crippen LogP contribution in [0.3, 0.4) is 0 Å². The van der Waals surface area contributed by atoms with Crippen LogP contribution < -0.4 is 10.2 Å². The minimum Gasteiger partial charge on any atom is -0.356 e. The number of rotatable bonds is 3. The second-order valence-corrected chi connectivity index (χ2v) is 6.00. The molecule has 0 bridgehead atoms. The number of carbonyl (C=O) groups is 1. The lowest BCUT2D eigenvalue weighted by Crippen LogP contribution is -2.45. The second kappa shape index (κ2) is 7.28. The summed E-state index contributed by atoms with van der Waals surface area (Å²) in [7, 11) is 0. The number of hydrogen-bond donors (Lipinski definition) is 1. The van der Waals surface area contributed by atoms with Crippen LogP contribution in [0.25, 0.3) is 0 Å². The van der Waals surface area contributed by atoms with Gasteiger partial charge in [-0.3, -0.25) is 9.78 Å². The highest BCUT2D eigenvalue weighted by molar-refractivity contribution is 6.31. The maximum atomic E-state index is 12.2. The Bertz CT molecular complexity index is 766. The highest BCUT2D eigenvalue weighted by Gasteiger charge is 2.22. The minimum atomic E-state index is -0.0991. The predicted octanol–water partition coefficient (Wildman–Crippen LogP) is 2.40. The molecule has 0 unspecified atom stereocenters. The van der Waals surface area contributed by atoms with E-state index in [2.05, 4.69) is 20.2 Å². The largest absolute Gasteiger partial charge is 0.356 e. The third-order valence-electron chi connectivity index (χ3n) is 4.02. The number of carbonyl (C=O) groups excluding carboxylic acids is 1. The summed E-state index contributed by atoms with van der Waals surface area (Å²) in [5, 5.41) is 12.4. The third-order valence-corrected chi connectivity index (χ3v) is 4.32. The van der Waals surface area contributed by atoms with Crippen molar-refractivity contribution in [3.05, 3.63) is 52.9 Å². The van der Waals surface area contributed by atoms with Crippen molar-refractivity contribution >= 4 is 23.3 Å². The van der Waals surface area contributed by atoms with Crippen molar-refractivity contribution in [3.8, 4) is 6.07 Å². The highest BCUT2D eigenvalue weighted by atomic mass is 35.5. The average molecular weight is 342 g/mol. The van der Waals surface area contributed by atoms with E-state index in [4.69, 9.17) is 16.9 Å². The topological polar surface area (TPSA) is 81.9 Å². The molecular weight excluding hydrogens is 326 g/mol. The number of pyridine rings is 2. The molecule has 0 aliphatic carbocycles. The van der Waals surface area contributed by atoms with Crippen LogP contribution in [0, 0.1) is 11.3 Å². The maximum absolute atomic E-state index is 12.2. The van der Waals surface area contributed by atoms with Gasteiger partial charge < -0.3 is 10.2 Å². The molecular formula is C17H16ClN5O. The van der Waals surface area contributed by atoms with Gasteiger partial charge >= 0.3 is 0 Å². The van der Waals surface area contributed by atoms with E-state index in [-0.39, 0.29) is 17.6 Å². The standard InChI is InChI=1S/C17H16ClN5O/c18-14-3-4-16(22-15(14)10-19)23-8-5-13(6-9-23)21-17(24)12-2-1-7-20-11-12/h1-4,7,11,13H,5-6,8-9H2,(H,21,24). The number of hydrogen-bond acceptors (Lipinski definition) is 5. The molecule has 1 aliphatic rings. The summed E-state index contributed by atoms with van der Waals surface area (Å²) >= 11 is 5.92. The molecule has 1 fully saturated rings. The van der Waals surface area contributed by atoms with Crippen molar-refractivity contribution in [2.45, 2.75) is 18.9 Å². The van der Waals surface area contributed by atoms with E-state index in [1.54, 1.807) is 30.6 Å². The fourth-order valence-corrected chi connectivity index (χ4v) is 2.85. The van der Waals surface area contributed by atoms with Gasteiger partial charge in [-0.15, -0.1) is 0 Å². The molecule has 0 atom stereocenters. The fraction of sp³-hybridized carbons (Fsp3) is 0.294. The van der Waals surface area contributed by atoms with Gasteiger partial charge in [0.2, 0.25) is 0 Å². The third kappa shape index (κ3) is 3.63. The van der Waals surface area contributed by atoms with Gasteiger partial charge in [0.15, 0.2) is 5.69 Å². The Morgan fingerprint density at radius 3 is 2.79 bits per heavy atom. The normalized spacial score (nSPS) is 14.9. The summed E-state index contributed by atoms with van der Waals surface area (Å²) < 4.78 is 0. The van der Waals surface area contributed by atoms with E-state index in [0.29, 0.717) is 10.6 Å². The monoisotopic (exact) mass is 341 g/mol. The van der Waals surface area contributed by atoms with Crippen molar-refractivity contribution in [2.75, 3.05) is 18.0 Å². The Hall–Kier alpha value is -2.65. The summed E-state index contributed by atoms with van der Waals surface area (Å²) in [6.07, 6.45) is 4.84. The maximum Gasteiger partial charge on any atom is 0.253 e. The van der Waals surface area contributed by atoms with Crippen LogP contribution in [0.15, 0.2) is 36.7 Å². The number of piperidine rings is 1. The van der Waals surface area contributed by atoms with E-state index in [1.807, 2.05) is 12.1 Å². The molecule has 0 radical (unpaired) electrons. The van der Waals surface area contributed by atoms with Crippen LogP contribution in [0.4, 0.5) is 5.82 Å². The number of amides is 1. The number of halogens is 1. The zero-order chi connectivity index (χ0) is 16.9. The van der Waals surface area contributed by atoms with Gasteiger partial charge in [-0.25, -0.2) is 4.98 Å². The SMILES string of the molecule is N#Cc1nc(N2CCC(NC(=O)c3cccnc3)CC2)ccc1Cl. The quantitative estimate of drug-likeness (QED) is 0.927. The number of nitrogens with one attached hydrogen (secondary N) is 1. The first-order chi connectivity index (χ1) is 11.7. The molecule has 0 aromatic carbocycles. The Kier molecular flexibility index (Phi) is 4.92. The van der Waals surface area contributed by atoms with Gasteiger partial charge in [0.05, 0.1) is 10.6 Å². The number of nitrogens with zero attached hydrogens (tertiary/aromatic N) is 4. The number of anilines is 1. The molecule has 1 aliphatic heterocycles. The van der Waals surface area contributed by atoms with Crippen LogP contribution >= 0.6 is 11.6 Å². The molecule has 24 heavy (non-hydrogen) atoms. The summed E-state index contributed by atoms with van der Waals surface area (Å²) in [6.45, 7) is 1.52. The Balaban J connectivity index is 1.58. The van der Waals surface area contributed by atoms with E-state index >= 15 is 0 Å². The Labute approximate surface area is 145 Å². The van der Waals surface area contributed by atoms with E-state index in [1.165, 1.54) is 0 Å². The zero-order valence-electron chi connectivity index (χ0n) is 12.9. The van der Waals surface area contributed by atoms with Gasteiger partial charge in [0.1, 0.15) is 11.9 Å². The first-order valence-corrected chi connectivity index (χ1v) is 8.07. The first kappa shape index (κ1) is 16.2. The number of nitriles is 1. The van der Waals surface area contributed by atoms with Gasteiger partial charge in [-0.1, -0.05) is 11.6 Å². The summed E-state index contributed by atoms with van der Waals surface area (Å²) in [5.41, 5.74) is 0.805. The summed E-state index contributed by atoms with van der Waals surface area (Å²) in [6, 6.07) is 9.12. The first-order valence-electron chi connectivity index (χ1n) is 7.70. The van der Waals surface area contributed by atoms with Crippen LogP contribution in [-0.2, 0) is 0 Å². The molecule has 1 saturated heterocycles. The predicted molar refractivity (Wildman–Crippen MR) is 90.9 cm³/mol. The Morgan fingerprint density at radius 2 is 2.12 bits per heavy atom.